The molecule has 0 saturated carbocycles. The number of hydrogen-bond donors (Lipinski definition) is 1. The second kappa shape index (κ2) is 5.74. The van der Waals surface area contributed by atoms with Gasteiger partial charge in [0.1, 0.15) is 5.75 Å². The molecule has 1 aromatic carbocycles. The molecule has 4 heteroatoms. The lowest BCUT2D eigenvalue weighted by atomic mass is 9.94. The van der Waals surface area contributed by atoms with E-state index in [0.717, 1.165) is 31.8 Å². The summed E-state index contributed by atoms with van der Waals surface area (Å²) in [5.41, 5.74) is 0.561. The number of carbonyl (C=O) groups excluding carboxylic acids is 1. The van der Waals surface area contributed by atoms with E-state index in [1.54, 1.807) is 12.1 Å². The number of halogens is 1. The van der Waals surface area contributed by atoms with Crippen LogP contribution in [0.1, 0.15) is 36.5 Å². The molecule has 0 radical (unpaired) electrons. The van der Waals surface area contributed by atoms with Gasteiger partial charge in [-0.25, -0.2) is 0 Å². The average Bonchev–Trinajstić information content (AvgIpc) is 2.41. The first kappa shape index (κ1) is 13.4. The number of phenols is 1. The van der Waals surface area contributed by atoms with Gasteiger partial charge in [0.25, 0.3) is 5.91 Å². The van der Waals surface area contributed by atoms with Crippen molar-refractivity contribution in [2.75, 3.05) is 13.1 Å². The quantitative estimate of drug-likeness (QED) is 0.909. The molecule has 0 spiro atoms. The molecule has 0 bridgehead atoms. The molecule has 0 aliphatic carbocycles. The van der Waals surface area contributed by atoms with E-state index in [2.05, 4.69) is 22.9 Å². The molecule has 2 rings (SSSR count). The fourth-order valence-electron chi connectivity index (χ4n) is 2.37. The van der Waals surface area contributed by atoms with Crippen molar-refractivity contribution in [3.63, 3.8) is 0 Å². The first-order valence-corrected chi connectivity index (χ1v) is 7.19. The monoisotopic (exact) mass is 311 g/mol. The van der Waals surface area contributed by atoms with E-state index in [1.165, 1.54) is 12.5 Å². The Bertz CT molecular complexity index is 439. The Hall–Kier alpha value is -1.03. The lowest BCUT2D eigenvalue weighted by Crippen LogP contribution is -2.38. The van der Waals surface area contributed by atoms with Gasteiger partial charge in [0, 0.05) is 18.7 Å². The number of likely N-dealkylation sites (tertiary alicyclic amines) is 1. The van der Waals surface area contributed by atoms with E-state index >= 15 is 0 Å². The summed E-state index contributed by atoms with van der Waals surface area (Å²) in [6.45, 7) is 3.86. The maximum Gasteiger partial charge on any atom is 0.253 e. The number of nitrogens with zero attached hydrogens (tertiary/aromatic N) is 1. The molecule has 1 aromatic rings. The smallest absolute Gasteiger partial charge is 0.253 e. The largest absolute Gasteiger partial charge is 0.507 e. The Kier molecular flexibility index (Phi) is 4.27. The van der Waals surface area contributed by atoms with Crippen LogP contribution in [0.5, 0.6) is 5.75 Å². The molecule has 0 aromatic heterocycles. The van der Waals surface area contributed by atoms with Gasteiger partial charge in [0.05, 0.1) is 4.47 Å². The number of rotatable bonds is 2. The van der Waals surface area contributed by atoms with Crippen molar-refractivity contribution in [2.24, 2.45) is 5.92 Å². The third kappa shape index (κ3) is 2.86. The highest BCUT2D eigenvalue weighted by atomic mass is 79.9. The molecule has 0 unspecified atom stereocenters. The van der Waals surface area contributed by atoms with E-state index in [1.807, 2.05) is 4.90 Å². The molecular weight excluding hydrogens is 294 g/mol. The van der Waals surface area contributed by atoms with Gasteiger partial charge < -0.3 is 10.0 Å². The van der Waals surface area contributed by atoms with Crippen molar-refractivity contribution in [1.82, 2.24) is 4.90 Å². The van der Waals surface area contributed by atoms with Gasteiger partial charge in [-0.15, -0.1) is 0 Å². The summed E-state index contributed by atoms with van der Waals surface area (Å²) < 4.78 is 0.615. The number of aromatic hydroxyl groups is 1. The summed E-state index contributed by atoms with van der Waals surface area (Å²) in [6.07, 6.45) is 3.37. The topological polar surface area (TPSA) is 40.5 Å². The van der Waals surface area contributed by atoms with Crippen LogP contribution in [0, 0.1) is 5.92 Å². The molecule has 1 aliphatic rings. The number of amides is 1. The summed E-state index contributed by atoms with van der Waals surface area (Å²) in [5.74, 6) is 0.893. The van der Waals surface area contributed by atoms with Crippen molar-refractivity contribution in [3.8, 4) is 5.75 Å². The normalized spacial score (nSPS) is 16.9. The van der Waals surface area contributed by atoms with Crippen molar-refractivity contribution >= 4 is 21.8 Å². The zero-order chi connectivity index (χ0) is 13.1. The van der Waals surface area contributed by atoms with E-state index in [-0.39, 0.29) is 11.7 Å². The molecule has 18 heavy (non-hydrogen) atoms. The van der Waals surface area contributed by atoms with Gasteiger partial charge in [0.15, 0.2) is 0 Å². The summed E-state index contributed by atoms with van der Waals surface area (Å²) >= 11 is 3.22. The molecule has 1 N–H and O–H groups in total. The van der Waals surface area contributed by atoms with Crippen molar-refractivity contribution in [3.05, 3.63) is 28.2 Å². The van der Waals surface area contributed by atoms with E-state index < -0.39 is 0 Å². The van der Waals surface area contributed by atoms with Crippen LogP contribution in [0.4, 0.5) is 0 Å². The van der Waals surface area contributed by atoms with Gasteiger partial charge in [-0.2, -0.15) is 0 Å². The predicted octanol–water partition coefficient (Wildman–Crippen LogP) is 3.42. The number of carbonyl (C=O) groups is 1. The summed E-state index contributed by atoms with van der Waals surface area (Å²) in [6, 6.07) is 4.98. The van der Waals surface area contributed by atoms with Crippen molar-refractivity contribution < 1.29 is 9.90 Å². The van der Waals surface area contributed by atoms with Crippen LogP contribution in [0.2, 0.25) is 0 Å². The number of phenolic OH excluding ortho intramolecular Hbond substituents is 1. The maximum absolute atomic E-state index is 12.3. The third-order valence-electron chi connectivity index (χ3n) is 3.67. The summed E-state index contributed by atoms with van der Waals surface area (Å²) in [5, 5.41) is 9.61. The van der Waals surface area contributed by atoms with Gasteiger partial charge in [-0.05, 0) is 52.9 Å². The van der Waals surface area contributed by atoms with Crippen LogP contribution in [-0.4, -0.2) is 29.0 Å². The van der Waals surface area contributed by atoms with E-state index in [9.17, 15) is 9.90 Å². The minimum Gasteiger partial charge on any atom is -0.507 e. The van der Waals surface area contributed by atoms with Crippen LogP contribution in [-0.2, 0) is 0 Å². The average molecular weight is 312 g/mol. The highest BCUT2D eigenvalue weighted by Gasteiger charge is 2.22. The second-order valence-electron chi connectivity index (χ2n) is 4.81. The molecule has 1 heterocycles. The van der Waals surface area contributed by atoms with Crippen LogP contribution in [0.25, 0.3) is 0 Å². The molecule has 3 nitrogen and oxygen atoms in total. The first-order valence-electron chi connectivity index (χ1n) is 6.39. The summed E-state index contributed by atoms with van der Waals surface area (Å²) in [4.78, 5) is 14.1. The van der Waals surface area contributed by atoms with Crippen LogP contribution >= 0.6 is 15.9 Å². The SMILES string of the molecule is CCC1CCN(C(=O)c2ccc(Br)c(O)c2)CC1. The lowest BCUT2D eigenvalue weighted by molar-refractivity contribution is 0.0688. The highest BCUT2D eigenvalue weighted by molar-refractivity contribution is 9.10. The van der Waals surface area contributed by atoms with Crippen molar-refractivity contribution in [2.45, 2.75) is 26.2 Å². The molecule has 1 amide bonds. The fraction of sp³-hybridized carbons (Fsp3) is 0.500. The third-order valence-corrected chi connectivity index (χ3v) is 4.34. The molecule has 1 aliphatic heterocycles. The summed E-state index contributed by atoms with van der Waals surface area (Å²) in [7, 11) is 0. The molecular formula is C14H18BrNO2. The van der Waals surface area contributed by atoms with Gasteiger partial charge >= 0.3 is 0 Å². The number of hydrogen-bond acceptors (Lipinski definition) is 2. The Morgan fingerprint density at radius 2 is 2.11 bits per heavy atom. The van der Waals surface area contributed by atoms with Crippen molar-refractivity contribution in [1.29, 1.82) is 0 Å². The number of benzene rings is 1. The lowest BCUT2D eigenvalue weighted by Gasteiger charge is -2.31. The van der Waals surface area contributed by atoms with Crippen LogP contribution < -0.4 is 0 Å². The van der Waals surface area contributed by atoms with E-state index in [4.69, 9.17) is 0 Å². The Morgan fingerprint density at radius 3 is 2.67 bits per heavy atom. The maximum atomic E-state index is 12.3. The Morgan fingerprint density at radius 1 is 1.44 bits per heavy atom. The molecule has 0 atom stereocenters. The Balaban J connectivity index is 2.05. The predicted molar refractivity (Wildman–Crippen MR) is 74.7 cm³/mol. The minimum absolute atomic E-state index is 0.0207. The van der Waals surface area contributed by atoms with E-state index in [0.29, 0.717) is 10.0 Å². The molecule has 1 fully saturated rings. The van der Waals surface area contributed by atoms with Gasteiger partial charge in [-0.1, -0.05) is 13.3 Å². The van der Waals surface area contributed by atoms with Crippen LogP contribution in [0.15, 0.2) is 22.7 Å². The Labute approximate surface area is 116 Å². The fourth-order valence-corrected chi connectivity index (χ4v) is 2.62. The molecule has 1 saturated heterocycles. The standard InChI is InChI=1S/C14H18BrNO2/c1-2-10-5-7-16(8-6-10)14(18)11-3-4-12(15)13(17)9-11/h3-4,9-10,17H,2,5-8H2,1H3. The van der Waals surface area contributed by atoms with Gasteiger partial charge in [0.2, 0.25) is 0 Å². The second-order valence-corrected chi connectivity index (χ2v) is 5.66. The van der Waals surface area contributed by atoms with Gasteiger partial charge in [-0.3, -0.25) is 4.79 Å². The highest BCUT2D eigenvalue weighted by Crippen LogP contribution is 2.26. The van der Waals surface area contributed by atoms with Crippen LogP contribution in [0.3, 0.4) is 0 Å². The molecule has 98 valence electrons. The minimum atomic E-state index is 0.0207. The number of piperidine rings is 1. The zero-order valence-electron chi connectivity index (χ0n) is 10.5. The first-order chi connectivity index (χ1) is 8.61. The zero-order valence-corrected chi connectivity index (χ0v) is 12.1.